The van der Waals surface area contributed by atoms with Gasteiger partial charge < -0.3 is 0 Å². The van der Waals surface area contributed by atoms with Crippen molar-refractivity contribution in [1.82, 2.24) is 4.72 Å². The minimum absolute atomic E-state index is 0.235. The third kappa shape index (κ3) is 3.51. The van der Waals surface area contributed by atoms with Gasteiger partial charge in [-0.2, -0.15) is 0 Å². The molecule has 0 radical (unpaired) electrons. The number of rotatable bonds is 4. The highest BCUT2D eigenvalue weighted by molar-refractivity contribution is 9.11. The van der Waals surface area contributed by atoms with E-state index < -0.39 is 10.0 Å². The molecule has 0 fully saturated rings. The molecule has 0 aliphatic carbocycles. The number of sulfonamides is 1. The second-order valence-corrected chi connectivity index (χ2v) is 8.76. The van der Waals surface area contributed by atoms with Crippen molar-refractivity contribution in [2.45, 2.75) is 24.8 Å². The van der Waals surface area contributed by atoms with Crippen LogP contribution in [0.5, 0.6) is 0 Å². The van der Waals surface area contributed by atoms with Crippen LogP contribution < -0.4 is 4.72 Å². The van der Waals surface area contributed by atoms with Gasteiger partial charge >= 0.3 is 0 Å². The van der Waals surface area contributed by atoms with Gasteiger partial charge in [0, 0.05) is 13.8 Å². The fraction of sp³-hybridized carbons (Fsp3) is 0.231. The summed E-state index contributed by atoms with van der Waals surface area (Å²) in [6.07, 6.45) is 0. The largest absolute Gasteiger partial charge is 0.242 e. The van der Waals surface area contributed by atoms with Crippen LogP contribution in [0.25, 0.3) is 0 Å². The molecule has 0 aliphatic rings. The maximum Gasteiger partial charge on any atom is 0.242 e. The molecule has 0 amide bonds. The maximum atomic E-state index is 12.5. The molecule has 0 saturated carbocycles. The number of hydrogen-bond donors (Lipinski definition) is 1. The molecule has 0 bridgehead atoms. The molecule has 1 aromatic heterocycles. The molecule has 0 aliphatic heterocycles. The van der Waals surface area contributed by atoms with Gasteiger partial charge in [-0.25, -0.2) is 13.1 Å². The second kappa shape index (κ2) is 6.27. The highest BCUT2D eigenvalue weighted by atomic mass is 79.9. The molecule has 108 valence electrons. The molecule has 1 aromatic carbocycles. The Morgan fingerprint density at radius 2 is 1.95 bits per heavy atom. The molecular formula is C13H13Br2NO2S2. The molecule has 2 aromatic rings. The van der Waals surface area contributed by atoms with Crippen LogP contribution in [0.4, 0.5) is 0 Å². The van der Waals surface area contributed by atoms with E-state index in [2.05, 4.69) is 36.6 Å². The fourth-order valence-corrected chi connectivity index (χ4v) is 5.44. The van der Waals surface area contributed by atoms with Gasteiger partial charge in [-0.3, -0.25) is 0 Å². The first-order valence-corrected chi connectivity index (χ1v) is 9.77. The molecule has 20 heavy (non-hydrogen) atoms. The van der Waals surface area contributed by atoms with Crippen molar-refractivity contribution in [2.75, 3.05) is 0 Å². The van der Waals surface area contributed by atoms with Crippen LogP contribution in [0.2, 0.25) is 0 Å². The Hall–Kier alpha value is -0.210. The summed E-state index contributed by atoms with van der Waals surface area (Å²) < 4.78 is 29.0. The van der Waals surface area contributed by atoms with Gasteiger partial charge in [0.05, 0.1) is 10.9 Å². The summed E-state index contributed by atoms with van der Waals surface area (Å²) >= 11 is 8.21. The first kappa shape index (κ1) is 16.2. The Bertz CT molecular complexity index is 712. The van der Waals surface area contributed by atoms with Crippen LogP contribution >= 0.6 is 43.2 Å². The Morgan fingerprint density at radius 1 is 1.25 bits per heavy atom. The lowest BCUT2D eigenvalue weighted by atomic mass is 10.2. The average Bonchev–Trinajstić information content (AvgIpc) is 2.86. The zero-order valence-corrected chi connectivity index (χ0v) is 15.7. The maximum absolute atomic E-state index is 12.5. The molecule has 1 atom stereocenters. The van der Waals surface area contributed by atoms with E-state index in [0.29, 0.717) is 4.47 Å². The average molecular weight is 439 g/mol. The number of hydrogen-bond acceptors (Lipinski definition) is 3. The lowest BCUT2D eigenvalue weighted by Gasteiger charge is -2.14. The van der Waals surface area contributed by atoms with Crippen molar-refractivity contribution >= 4 is 53.2 Å². The highest BCUT2D eigenvalue weighted by Crippen LogP contribution is 2.30. The number of halogens is 2. The smallest absolute Gasteiger partial charge is 0.207 e. The van der Waals surface area contributed by atoms with Gasteiger partial charge in [0.25, 0.3) is 0 Å². The molecule has 1 N–H and O–H groups in total. The van der Waals surface area contributed by atoms with Crippen molar-refractivity contribution in [3.8, 4) is 0 Å². The van der Waals surface area contributed by atoms with E-state index in [1.54, 1.807) is 12.1 Å². The number of aryl methyl sites for hydroxylation is 1. The van der Waals surface area contributed by atoms with Crippen molar-refractivity contribution in [3.05, 3.63) is 49.0 Å². The lowest BCUT2D eigenvalue weighted by Crippen LogP contribution is -2.26. The lowest BCUT2D eigenvalue weighted by molar-refractivity contribution is 0.568. The van der Waals surface area contributed by atoms with E-state index in [0.717, 1.165) is 14.9 Å². The standard InChI is InChI=1S/C13H13Br2NO2S2/c1-8-6-11(15)13(7-10(8)14)20(17,18)16-9(2)12-4-3-5-19-12/h3-7,9,16H,1-2H3. The molecule has 0 spiro atoms. The zero-order valence-electron chi connectivity index (χ0n) is 10.9. The Kier molecular flexibility index (Phi) is 5.07. The van der Waals surface area contributed by atoms with Crippen molar-refractivity contribution in [3.63, 3.8) is 0 Å². The molecular weight excluding hydrogens is 426 g/mol. The van der Waals surface area contributed by atoms with E-state index in [1.807, 2.05) is 31.4 Å². The fourth-order valence-electron chi connectivity index (χ4n) is 1.73. The highest BCUT2D eigenvalue weighted by Gasteiger charge is 2.22. The van der Waals surface area contributed by atoms with Crippen LogP contribution in [0.3, 0.4) is 0 Å². The quantitative estimate of drug-likeness (QED) is 0.756. The van der Waals surface area contributed by atoms with Gasteiger partial charge in [-0.1, -0.05) is 22.0 Å². The summed E-state index contributed by atoms with van der Waals surface area (Å²) in [7, 11) is -3.58. The zero-order chi connectivity index (χ0) is 14.9. The number of nitrogens with one attached hydrogen (secondary N) is 1. The summed E-state index contributed by atoms with van der Waals surface area (Å²) in [6.45, 7) is 3.74. The Balaban J connectivity index is 2.34. The normalized spacial score (nSPS) is 13.4. The number of benzene rings is 1. The summed E-state index contributed by atoms with van der Waals surface area (Å²) in [6, 6.07) is 6.96. The van der Waals surface area contributed by atoms with Crippen molar-refractivity contribution < 1.29 is 8.42 Å². The SMILES string of the molecule is Cc1cc(Br)c(S(=O)(=O)NC(C)c2cccs2)cc1Br. The van der Waals surface area contributed by atoms with E-state index in [4.69, 9.17) is 0 Å². The van der Waals surface area contributed by atoms with E-state index >= 15 is 0 Å². The first-order chi connectivity index (χ1) is 9.31. The van der Waals surface area contributed by atoms with Crippen LogP contribution in [-0.2, 0) is 10.0 Å². The van der Waals surface area contributed by atoms with Crippen LogP contribution in [0.15, 0.2) is 43.5 Å². The van der Waals surface area contributed by atoms with E-state index in [1.165, 1.54) is 11.3 Å². The van der Waals surface area contributed by atoms with Gasteiger partial charge in [-0.05, 0) is 58.9 Å². The third-order valence-electron chi connectivity index (χ3n) is 2.80. The summed E-state index contributed by atoms with van der Waals surface area (Å²) in [4.78, 5) is 1.22. The van der Waals surface area contributed by atoms with Crippen molar-refractivity contribution in [1.29, 1.82) is 0 Å². The first-order valence-electron chi connectivity index (χ1n) is 5.82. The molecule has 2 rings (SSSR count). The van der Waals surface area contributed by atoms with Gasteiger partial charge in [-0.15, -0.1) is 11.3 Å². The van der Waals surface area contributed by atoms with E-state index in [-0.39, 0.29) is 10.9 Å². The third-order valence-corrected chi connectivity index (χ3v) is 7.21. The predicted octanol–water partition coefficient (Wildman–Crippen LogP) is 4.62. The summed E-state index contributed by atoms with van der Waals surface area (Å²) in [5.74, 6) is 0. The van der Waals surface area contributed by atoms with Crippen LogP contribution in [0, 0.1) is 6.92 Å². The van der Waals surface area contributed by atoms with Gasteiger partial charge in [0.15, 0.2) is 0 Å². The molecule has 0 saturated heterocycles. The topological polar surface area (TPSA) is 46.2 Å². The van der Waals surface area contributed by atoms with Crippen LogP contribution in [-0.4, -0.2) is 8.42 Å². The minimum atomic E-state index is -3.58. The summed E-state index contributed by atoms with van der Waals surface area (Å²) in [5, 5.41) is 1.93. The van der Waals surface area contributed by atoms with Crippen LogP contribution in [0.1, 0.15) is 23.4 Å². The Labute approximate surface area is 139 Å². The summed E-state index contributed by atoms with van der Waals surface area (Å²) in [5.41, 5.74) is 0.974. The predicted molar refractivity (Wildman–Crippen MR) is 89.6 cm³/mol. The molecule has 1 heterocycles. The van der Waals surface area contributed by atoms with Gasteiger partial charge in [0.2, 0.25) is 10.0 Å². The molecule has 3 nitrogen and oxygen atoms in total. The Morgan fingerprint density at radius 3 is 2.55 bits per heavy atom. The molecule has 1 unspecified atom stereocenters. The second-order valence-electron chi connectivity index (χ2n) is 4.39. The minimum Gasteiger partial charge on any atom is -0.207 e. The van der Waals surface area contributed by atoms with Gasteiger partial charge in [0.1, 0.15) is 0 Å². The monoisotopic (exact) mass is 437 g/mol. The molecule has 7 heteroatoms. The number of thiophene rings is 1. The van der Waals surface area contributed by atoms with Crippen molar-refractivity contribution in [2.24, 2.45) is 0 Å². The van der Waals surface area contributed by atoms with E-state index in [9.17, 15) is 8.42 Å².